The number of amides is 1. The zero-order chi connectivity index (χ0) is 11.5. The van der Waals surface area contributed by atoms with Gasteiger partial charge in [-0.15, -0.1) is 0 Å². The predicted molar refractivity (Wildman–Crippen MR) is 58.9 cm³/mol. The Hall–Kier alpha value is -1.76. The molecule has 0 fully saturated rings. The molecular formula is C9H7BrN4O2. The second-order valence-electron chi connectivity index (χ2n) is 3.02. The highest BCUT2D eigenvalue weighted by Gasteiger charge is 2.14. The van der Waals surface area contributed by atoms with Gasteiger partial charge in [-0.05, 0) is 22.9 Å². The van der Waals surface area contributed by atoms with Crippen molar-refractivity contribution < 1.29 is 9.32 Å². The highest BCUT2D eigenvalue weighted by atomic mass is 79.9. The van der Waals surface area contributed by atoms with Crippen LogP contribution in [0.1, 0.15) is 16.1 Å². The molecule has 2 heterocycles. The van der Waals surface area contributed by atoms with Crippen LogP contribution in [0.4, 0.5) is 5.82 Å². The first kappa shape index (κ1) is 10.7. The molecule has 1 N–H and O–H groups in total. The number of carbonyl (C=O) groups excluding carboxylic acids is 1. The number of hydrogen-bond acceptors (Lipinski definition) is 5. The number of carbonyl (C=O) groups is 1. The smallest absolute Gasteiger partial charge is 0.295 e. The lowest BCUT2D eigenvalue weighted by molar-refractivity contribution is 0.0986. The monoisotopic (exact) mass is 282 g/mol. The number of nitrogens with zero attached hydrogens (tertiary/aromatic N) is 3. The van der Waals surface area contributed by atoms with Crippen LogP contribution in [0, 0.1) is 6.92 Å². The Morgan fingerprint density at radius 1 is 1.38 bits per heavy atom. The van der Waals surface area contributed by atoms with Gasteiger partial charge in [0.15, 0.2) is 5.82 Å². The molecule has 2 aromatic heterocycles. The van der Waals surface area contributed by atoms with Gasteiger partial charge in [0.25, 0.3) is 5.91 Å². The lowest BCUT2D eigenvalue weighted by Crippen LogP contribution is -2.13. The topological polar surface area (TPSA) is 80.9 Å². The molecular weight excluding hydrogens is 276 g/mol. The number of hydrogen-bond donors (Lipinski definition) is 1. The van der Waals surface area contributed by atoms with Crippen LogP contribution in [0.2, 0.25) is 0 Å². The average Bonchev–Trinajstić information content (AvgIpc) is 2.68. The van der Waals surface area contributed by atoms with Crippen molar-refractivity contribution >= 4 is 27.7 Å². The highest BCUT2D eigenvalue weighted by molar-refractivity contribution is 9.10. The third-order valence-electron chi connectivity index (χ3n) is 1.82. The van der Waals surface area contributed by atoms with E-state index in [2.05, 4.69) is 36.4 Å². The van der Waals surface area contributed by atoms with Crippen molar-refractivity contribution in [1.82, 2.24) is 15.1 Å². The van der Waals surface area contributed by atoms with E-state index in [0.717, 1.165) is 0 Å². The number of anilines is 1. The molecule has 0 radical (unpaired) electrons. The lowest BCUT2D eigenvalue weighted by atomic mass is 10.3. The summed E-state index contributed by atoms with van der Waals surface area (Å²) in [5, 5.41) is 6.06. The van der Waals surface area contributed by atoms with E-state index in [4.69, 9.17) is 4.52 Å². The van der Waals surface area contributed by atoms with Gasteiger partial charge in [-0.3, -0.25) is 4.79 Å². The van der Waals surface area contributed by atoms with Gasteiger partial charge in [-0.2, -0.15) is 0 Å². The fourth-order valence-electron chi connectivity index (χ4n) is 1.06. The molecule has 0 saturated heterocycles. The predicted octanol–water partition coefficient (Wildman–Crippen LogP) is 1.79. The van der Waals surface area contributed by atoms with Crippen LogP contribution in [0.5, 0.6) is 0 Å². The van der Waals surface area contributed by atoms with Crippen LogP contribution >= 0.6 is 15.9 Å². The van der Waals surface area contributed by atoms with Crippen molar-refractivity contribution in [3.63, 3.8) is 0 Å². The third-order valence-corrected chi connectivity index (χ3v) is 2.23. The van der Waals surface area contributed by atoms with Gasteiger partial charge in [-0.1, -0.05) is 5.16 Å². The van der Waals surface area contributed by atoms with Crippen LogP contribution < -0.4 is 5.32 Å². The SMILES string of the molecule is Cc1cnoc1C(=O)Nc1cnc(Br)cn1. The van der Waals surface area contributed by atoms with Crippen LogP contribution in [-0.2, 0) is 0 Å². The number of nitrogens with one attached hydrogen (secondary N) is 1. The van der Waals surface area contributed by atoms with Gasteiger partial charge < -0.3 is 9.84 Å². The molecule has 0 spiro atoms. The molecule has 6 nitrogen and oxygen atoms in total. The minimum absolute atomic E-state index is 0.171. The Bertz CT molecular complexity index is 508. The zero-order valence-electron chi connectivity index (χ0n) is 8.27. The van der Waals surface area contributed by atoms with Gasteiger partial charge in [0, 0.05) is 5.56 Å². The molecule has 2 aromatic rings. The highest BCUT2D eigenvalue weighted by Crippen LogP contribution is 2.10. The van der Waals surface area contributed by atoms with Crippen molar-refractivity contribution in [3.8, 4) is 0 Å². The summed E-state index contributed by atoms with van der Waals surface area (Å²) in [5.74, 6) is 0.125. The summed E-state index contributed by atoms with van der Waals surface area (Å²) >= 11 is 3.15. The molecule has 82 valence electrons. The number of rotatable bonds is 2. The number of aryl methyl sites for hydroxylation is 1. The first-order valence-corrected chi connectivity index (χ1v) is 5.16. The van der Waals surface area contributed by atoms with E-state index >= 15 is 0 Å². The second-order valence-corrected chi connectivity index (χ2v) is 3.83. The summed E-state index contributed by atoms with van der Waals surface area (Å²) in [5.41, 5.74) is 0.669. The van der Waals surface area contributed by atoms with E-state index in [9.17, 15) is 4.79 Å². The molecule has 0 aliphatic heterocycles. The molecule has 0 atom stereocenters. The largest absolute Gasteiger partial charge is 0.351 e. The summed E-state index contributed by atoms with van der Waals surface area (Å²) in [6.45, 7) is 1.73. The van der Waals surface area contributed by atoms with Gasteiger partial charge in [0.1, 0.15) is 4.60 Å². The van der Waals surface area contributed by atoms with Gasteiger partial charge in [0.2, 0.25) is 5.76 Å². The van der Waals surface area contributed by atoms with Crippen molar-refractivity contribution in [2.75, 3.05) is 5.32 Å². The van der Waals surface area contributed by atoms with Crippen LogP contribution in [0.3, 0.4) is 0 Å². The first-order chi connectivity index (χ1) is 7.66. The molecule has 2 rings (SSSR count). The summed E-state index contributed by atoms with van der Waals surface area (Å²) in [6, 6.07) is 0. The quantitative estimate of drug-likeness (QED) is 0.908. The van der Waals surface area contributed by atoms with Crippen molar-refractivity contribution in [3.05, 3.63) is 34.5 Å². The molecule has 16 heavy (non-hydrogen) atoms. The van der Waals surface area contributed by atoms with E-state index in [1.165, 1.54) is 18.6 Å². The molecule has 0 bridgehead atoms. The van der Waals surface area contributed by atoms with Gasteiger partial charge >= 0.3 is 0 Å². The number of aromatic nitrogens is 3. The molecule has 0 aliphatic rings. The van der Waals surface area contributed by atoms with E-state index in [1.54, 1.807) is 6.92 Å². The summed E-state index contributed by atoms with van der Waals surface area (Å²) in [4.78, 5) is 19.5. The summed E-state index contributed by atoms with van der Waals surface area (Å²) in [6.07, 6.45) is 4.40. The van der Waals surface area contributed by atoms with Gasteiger partial charge in [-0.25, -0.2) is 9.97 Å². The van der Waals surface area contributed by atoms with E-state index in [1.807, 2.05) is 0 Å². The Balaban J connectivity index is 2.14. The maximum Gasteiger partial charge on any atom is 0.295 e. The van der Waals surface area contributed by atoms with Crippen molar-refractivity contribution in [1.29, 1.82) is 0 Å². The minimum atomic E-state index is -0.397. The third kappa shape index (κ3) is 2.25. The molecule has 0 aliphatic carbocycles. The van der Waals surface area contributed by atoms with Crippen LogP contribution in [-0.4, -0.2) is 21.0 Å². The van der Waals surface area contributed by atoms with Gasteiger partial charge in [0.05, 0.1) is 18.6 Å². The maximum absolute atomic E-state index is 11.7. The van der Waals surface area contributed by atoms with Crippen molar-refractivity contribution in [2.24, 2.45) is 0 Å². The molecule has 1 amide bonds. The lowest BCUT2D eigenvalue weighted by Gasteiger charge is -2.01. The molecule has 0 unspecified atom stereocenters. The Labute approximate surface area is 99.2 Å². The fourth-order valence-corrected chi connectivity index (χ4v) is 1.26. The standard InChI is InChI=1S/C9H7BrN4O2/c1-5-2-13-16-8(5)9(15)14-7-4-11-6(10)3-12-7/h2-4H,1H3,(H,12,14,15). The zero-order valence-corrected chi connectivity index (χ0v) is 9.85. The van der Waals surface area contributed by atoms with Crippen LogP contribution in [0.15, 0.2) is 27.7 Å². The summed E-state index contributed by atoms with van der Waals surface area (Å²) in [7, 11) is 0. The van der Waals surface area contributed by atoms with E-state index < -0.39 is 5.91 Å². The molecule has 0 aromatic carbocycles. The Morgan fingerprint density at radius 2 is 2.19 bits per heavy atom. The van der Waals surface area contributed by atoms with Crippen molar-refractivity contribution in [2.45, 2.75) is 6.92 Å². The molecule has 7 heteroatoms. The van der Waals surface area contributed by atoms with E-state index in [-0.39, 0.29) is 5.76 Å². The average molecular weight is 283 g/mol. The Morgan fingerprint density at radius 3 is 2.75 bits per heavy atom. The minimum Gasteiger partial charge on any atom is -0.351 e. The summed E-state index contributed by atoms with van der Waals surface area (Å²) < 4.78 is 5.40. The fraction of sp³-hybridized carbons (Fsp3) is 0.111. The Kier molecular flexibility index (Phi) is 2.95. The van der Waals surface area contributed by atoms with E-state index in [0.29, 0.717) is 16.0 Å². The second kappa shape index (κ2) is 4.40. The normalized spacial score (nSPS) is 10.1. The maximum atomic E-state index is 11.7. The number of halogens is 1. The van der Waals surface area contributed by atoms with Crippen LogP contribution in [0.25, 0.3) is 0 Å². The molecule has 0 saturated carbocycles. The first-order valence-electron chi connectivity index (χ1n) is 4.37.